The topological polar surface area (TPSA) is 46.9 Å². The average molecular weight is 278 g/mol. The van der Waals surface area contributed by atoms with Crippen LogP contribution in [0.4, 0.5) is 5.69 Å². The minimum absolute atomic E-state index is 0.000399. The number of alkyl halides is 1. The van der Waals surface area contributed by atoms with Gasteiger partial charge in [0.15, 0.2) is 0 Å². The fourth-order valence-electron chi connectivity index (χ4n) is 1.79. The van der Waals surface area contributed by atoms with Gasteiger partial charge in [-0.1, -0.05) is 12.1 Å². The van der Waals surface area contributed by atoms with Gasteiger partial charge in [0.2, 0.25) is 5.91 Å². The lowest BCUT2D eigenvalue weighted by atomic mass is 10.2. The summed E-state index contributed by atoms with van der Waals surface area (Å²) in [5.74, 6) is 0.508. The highest BCUT2D eigenvalue weighted by Gasteiger charge is 2.03. The Kier molecular flexibility index (Phi) is 4.98. The molecule has 0 aliphatic rings. The molecule has 4 nitrogen and oxygen atoms in total. The lowest BCUT2D eigenvalue weighted by Crippen LogP contribution is -2.11. The first kappa shape index (κ1) is 13.6. The van der Waals surface area contributed by atoms with Crippen LogP contribution in [0.15, 0.2) is 43.0 Å². The second kappa shape index (κ2) is 6.95. The summed E-state index contributed by atoms with van der Waals surface area (Å²) in [6.07, 6.45) is 6.58. The predicted octanol–water partition coefficient (Wildman–Crippen LogP) is 2.89. The highest BCUT2D eigenvalue weighted by atomic mass is 35.5. The Labute approximate surface area is 117 Å². The second-order valence-corrected chi connectivity index (χ2v) is 4.65. The molecule has 1 N–H and O–H groups in total. The number of rotatable bonds is 6. The van der Waals surface area contributed by atoms with Crippen molar-refractivity contribution in [1.29, 1.82) is 0 Å². The van der Waals surface area contributed by atoms with Gasteiger partial charge < -0.3 is 9.88 Å². The summed E-state index contributed by atoms with van der Waals surface area (Å²) in [4.78, 5) is 15.6. The zero-order valence-electron chi connectivity index (χ0n) is 10.6. The van der Waals surface area contributed by atoms with E-state index in [1.807, 2.05) is 35.0 Å². The van der Waals surface area contributed by atoms with E-state index in [9.17, 15) is 4.79 Å². The zero-order valence-corrected chi connectivity index (χ0v) is 11.3. The van der Waals surface area contributed by atoms with Gasteiger partial charge in [-0.15, -0.1) is 11.6 Å². The maximum absolute atomic E-state index is 11.6. The summed E-state index contributed by atoms with van der Waals surface area (Å²) in [6.45, 7) is 0.741. The number of carbonyl (C=O) groups excluding carboxylic acids is 1. The smallest absolute Gasteiger partial charge is 0.224 e. The van der Waals surface area contributed by atoms with Crippen molar-refractivity contribution < 1.29 is 4.79 Å². The van der Waals surface area contributed by atoms with Gasteiger partial charge in [0, 0.05) is 36.9 Å². The van der Waals surface area contributed by atoms with E-state index >= 15 is 0 Å². The van der Waals surface area contributed by atoms with E-state index in [1.54, 1.807) is 12.5 Å². The molecule has 2 aromatic rings. The zero-order chi connectivity index (χ0) is 13.5. The molecule has 0 aliphatic heterocycles. The van der Waals surface area contributed by atoms with Crippen molar-refractivity contribution in [1.82, 2.24) is 9.55 Å². The van der Waals surface area contributed by atoms with Gasteiger partial charge in [-0.25, -0.2) is 4.98 Å². The molecule has 1 aromatic heterocycles. The van der Waals surface area contributed by atoms with Gasteiger partial charge in [0.1, 0.15) is 0 Å². The summed E-state index contributed by atoms with van der Waals surface area (Å²) >= 11 is 5.56. The number of amides is 1. The van der Waals surface area contributed by atoms with E-state index in [1.165, 1.54) is 0 Å². The molecule has 0 fully saturated rings. The van der Waals surface area contributed by atoms with Crippen LogP contribution in [0.1, 0.15) is 18.4 Å². The van der Waals surface area contributed by atoms with E-state index in [2.05, 4.69) is 10.3 Å². The first-order valence-electron chi connectivity index (χ1n) is 6.18. The van der Waals surface area contributed by atoms with Crippen LogP contribution in [0.5, 0.6) is 0 Å². The summed E-state index contributed by atoms with van der Waals surface area (Å²) in [7, 11) is 0. The molecule has 1 aromatic carbocycles. The van der Waals surface area contributed by atoms with Crippen LogP contribution in [0.2, 0.25) is 0 Å². The van der Waals surface area contributed by atoms with Crippen LogP contribution < -0.4 is 5.32 Å². The molecular formula is C14H16ClN3O. The highest BCUT2D eigenvalue weighted by molar-refractivity contribution is 6.18. The Balaban J connectivity index is 1.97. The van der Waals surface area contributed by atoms with E-state index < -0.39 is 0 Å². The molecule has 0 radical (unpaired) electrons. The van der Waals surface area contributed by atoms with Crippen molar-refractivity contribution in [2.75, 3.05) is 11.2 Å². The predicted molar refractivity (Wildman–Crippen MR) is 76.4 cm³/mol. The Morgan fingerprint density at radius 3 is 3.05 bits per heavy atom. The summed E-state index contributed by atoms with van der Waals surface area (Å²) < 4.78 is 1.98. The molecule has 0 saturated heterocycles. The van der Waals surface area contributed by atoms with Crippen molar-refractivity contribution in [3.05, 3.63) is 48.5 Å². The van der Waals surface area contributed by atoms with Gasteiger partial charge >= 0.3 is 0 Å². The third-order valence-electron chi connectivity index (χ3n) is 2.67. The largest absolute Gasteiger partial charge is 0.333 e. The number of halogens is 1. The number of aromatic nitrogens is 2. The molecule has 0 spiro atoms. The van der Waals surface area contributed by atoms with Crippen LogP contribution in [0.3, 0.4) is 0 Å². The van der Waals surface area contributed by atoms with Gasteiger partial charge in [-0.3, -0.25) is 4.79 Å². The van der Waals surface area contributed by atoms with E-state index in [-0.39, 0.29) is 5.91 Å². The van der Waals surface area contributed by atoms with Crippen molar-refractivity contribution >= 4 is 23.2 Å². The summed E-state index contributed by atoms with van der Waals surface area (Å²) in [5, 5.41) is 2.87. The molecular weight excluding hydrogens is 262 g/mol. The Bertz CT molecular complexity index is 525. The molecule has 2 rings (SSSR count). The van der Waals surface area contributed by atoms with Crippen molar-refractivity contribution in [3.63, 3.8) is 0 Å². The number of benzene rings is 1. The Morgan fingerprint density at radius 2 is 2.32 bits per heavy atom. The van der Waals surface area contributed by atoms with E-state index in [4.69, 9.17) is 11.6 Å². The van der Waals surface area contributed by atoms with Gasteiger partial charge in [0.25, 0.3) is 0 Å². The van der Waals surface area contributed by atoms with Crippen molar-refractivity contribution in [2.45, 2.75) is 19.4 Å². The second-order valence-electron chi connectivity index (χ2n) is 4.28. The van der Waals surface area contributed by atoms with Crippen LogP contribution in [-0.4, -0.2) is 21.3 Å². The van der Waals surface area contributed by atoms with E-state index in [0.717, 1.165) is 17.8 Å². The Hall–Kier alpha value is -1.81. The summed E-state index contributed by atoms with van der Waals surface area (Å²) in [6, 6.07) is 7.81. The minimum Gasteiger partial charge on any atom is -0.333 e. The lowest BCUT2D eigenvalue weighted by Gasteiger charge is -2.07. The van der Waals surface area contributed by atoms with Gasteiger partial charge in [-0.05, 0) is 24.1 Å². The quantitative estimate of drug-likeness (QED) is 0.826. The normalized spacial score (nSPS) is 10.4. The standard InChI is InChI=1S/C14H16ClN3O/c15-6-2-5-14(19)17-13-4-1-3-12(9-13)10-18-8-7-16-11-18/h1,3-4,7-9,11H,2,5-6,10H2,(H,17,19). The summed E-state index contributed by atoms with van der Waals surface area (Å²) in [5.41, 5.74) is 1.94. The fourth-order valence-corrected chi connectivity index (χ4v) is 1.92. The fraction of sp³-hybridized carbons (Fsp3) is 0.286. The minimum atomic E-state index is 0.000399. The number of carbonyl (C=O) groups is 1. The van der Waals surface area contributed by atoms with Gasteiger partial charge in [-0.2, -0.15) is 0 Å². The van der Waals surface area contributed by atoms with Crippen LogP contribution in [0, 0.1) is 0 Å². The molecule has 0 atom stereocenters. The number of nitrogens with zero attached hydrogens (tertiary/aromatic N) is 2. The lowest BCUT2D eigenvalue weighted by molar-refractivity contribution is -0.116. The third kappa shape index (κ3) is 4.41. The molecule has 0 bridgehead atoms. The number of hydrogen-bond acceptors (Lipinski definition) is 2. The molecule has 100 valence electrons. The highest BCUT2D eigenvalue weighted by Crippen LogP contribution is 2.12. The number of imidazole rings is 1. The number of nitrogens with one attached hydrogen (secondary N) is 1. The number of anilines is 1. The maximum atomic E-state index is 11.6. The molecule has 0 aliphatic carbocycles. The molecule has 19 heavy (non-hydrogen) atoms. The van der Waals surface area contributed by atoms with Crippen LogP contribution >= 0.6 is 11.6 Å². The molecule has 1 heterocycles. The Morgan fingerprint density at radius 1 is 1.42 bits per heavy atom. The molecule has 1 amide bonds. The van der Waals surface area contributed by atoms with Gasteiger partial charge in [0.05, 0.1) is 6.33 Å². The van der Waals surface area contributed by atoms with Crippen LogP contribution in [-0.2, 0) is 11.3 Å². The third-order valence-corrected chi connectivity index (χ3v) is 2.94. The van der Waals surface area contributed by atoms with E-state index in [0.29, 0.717) is 18.7 Å². The van der Waals surface area contributed by atoms with Crippen molar-refractivity contribution in [3.8, 4) is 0 Å². The maximum Gasteiger partial charge on any atom is 0.224 e. The number of hydrogen-bond donors (Lipinski definition) is 1. The first-order chi connectivity index (χ1) is 9.28. The molecule has 0 unspecified atom stereocenters. The SMILES string of the molecule is O=C(CCCCl)Nc1cccc(Cn2ccnc2)c1. The van der Waals surface area contributed by atoms with Crippen molar-refractivity contribution in [2.24, 2.45) is 0 Å². The first-order valence-corrected chi connectivity index (χ1v) is 6.72. The molecule has 5 heteroatoms. The monoisotopic (exact) mass is 277 g/mol. The van der Waals surface area contributed by atoms with Crippen LogP contribution in [0.25, 0.3) is 0 Å². The average Bonchev–Trinajstić information content (AvgIpc) is 2.89. The molecule has 0 saturated carbocycles.